The Kier molecular flexibility index (Phi) is 5.10. The topological polar surface area (TPSA) is 109 Å². The van der Waals surface area contributed by atoms with Gasteiger partial charge in [-0.1, -0.05) is 29.8 Å². The van der Waals surface area contributed by atoms with Gasteiger partial charge in [-0.3, -0.25) is 9.48 Å². The molecule has 8 nitrogen and oxygen atoms in total. The first kappa shape index (κ1) is 17.4. The minimum atomic E-state index is -0.376. The molecule has 26 heavy (non-hydrogen) atoms. The van der Waals surface area contributed by atoms with E-state index in [0.29, 0.717) is 27.8 Å². The zero-order valence-electron chi connectivity index (χ0n) is 13.8. The molecule has 0 atom stereocenters. The van der Waals surface area contributed by atoms with Gasteiger partial charge < -0.3 is 10.6 Å². The first-order chi connectivity index (χ1) is 12.6. The van der Waals surface area contributed by atoms with Gasteiger partial charge in [0.25, 0.3) is 5.91 Å². The van der Waals surface area contributed by atoms with Crippen LogP contribution in [0.5, 0.6) is 0 Å². The lowest BCUT2D eigenvalue weighted by Crippen LogP contribution is -2.24. The van der Waals surface area contributed by atoms with Crippen LogP contribution >= 0.6 is 11.6 Å². The number of amides is 1. The highest BCUT2D eigenvalue weighted by atomic mass is 35.5. The summed E-state index contributed by atoms with van der Waals surface area (Å²) in [6.45, 7) is -0.0848. The summed E-state index contributed by atoms with van der Waals surface area (Å²) < 4.78 is 1.65. The lowest BCUT2D eigenvalue weighted by Gasteiger charge is -2.11. The van der Waals surface area contributed by atoms with Gasteiger partial charge in [0.1, 0.15) is 6.54 Å². The molecule has 2 aromatic heterocycles. The number of benzene rings is 1. The molecule has 0 aliphatic rings. The Balaban J connectivity index is 1.98. The Morgan fingerprint density at radius 3 is 2.88 bits per heavy atom. The molecule has 0 unspecified atom stereocenters. The lowest BCUT2D eigenvalue weighted by molar-refractivity contribution is 0.0959. The summed E-state index contributed by atoms with van der Waals surface area (Å²) in [4.78, 5) is 20.9. The normalized spacial score (nSPS) is 10.2. The number of hydrogen-bond acceptors (Lipinski definition) is 6. The van der Waals surface area contributed by atoms with Gasteiger partial charge in [-0.2, -0.15) is 10.4 Å². The summed E-state index contributed by atoms with van der Waals surface area (Å²) >= 11 is 6.27. The Labute approximate surface area is 154 Å². The number of halogens is 1. The first-order valence-corrected chi connectivity index (χ1v) is 7.99. The van der Waals surface area contributed by atoms with Crippen molar-refractivity contribution in [2.75, 3.05) is 11.9 Å². The van der Waals surface area contributed by atoms with E-state index in [4.69, 9.17) is 16.9 Å². The quantitative estimate of drug-likeness (QED) is 0.671. The second-order valence-corrected chi connectivity index (χ2v) is 5.71. The minimum Gasteiger partial charge on any atom is -0.339 e. The SMILES string of the molecule is Cn1cc(Nc2ncc(Cl)c(-c3ccccc3C(=O)NCC#N)n2)cn1. The average molecular weight is 368 g/mol. The van der Waals surface area contributed by atoms with Crippen LogP contribution in [0.1, 0.15) is 10.4 Å². The van der Waals surface area contributed by atoms with Crippen molar-refractivity contribution in [1.29, 1.82) is 5.26 Å². The fourth-order valence-electron chi connectivity index (χ4n) is 2.33. The second kappa shape index (κ2) is 7.63. The molecule has 3 aromatic rings. The molecule has 0 spiro atoms. The van der Waals surface area contributed by atoms with E-state index in [1.54, 1.807) is 48.4 Å². The summed E-state index contributed by atoms with van der Waals surface area (Å²) in [5.41, 5.74) is 2.05. The highest BCUT2D eigenvalue weighted by molar-refractivity contribution is 6.33. The van der Waals surface area contributed by atoms with Gasteiger partial charge >= 0.3 is 0 Å². The molecule has 1 aromatic carbocycles. The van der Waals surface area contributed by atoms with Crippen molar-refractivity contribution in [1.82, 2.24) is 25.1 Å². The zero-order valence-corrected chi connectivity index (χ0v) is 14.5. The molecule has 1 amide bonds. The number of hydrogen-bond donors (Lipinski definition) is 2. The number of aromatic nitrogens is 4. The van der Waals surface area contributed by atoms with E-state index in [1.807, 2.05) is 6.07 Å². The Morgan fingerprint density at radius 1 is 1.35 bits per heavy atom. The maximum atomic E-state index is 12.3. The molecule has 0 saturated carbocycles. The fourth-order valence-corrected chi connectivity index (χ4v) is 2.53. The highest BCUT2D eigenvalue weighted by Crippen LogP contribution is 2.29. The molecular formula is C17H14ClN7O. The van der Waals surface area contributed by atoms with Crippen molar-refractivity contribution < 1.29 is 4.79 Å². The van der Waals surface area contributed by atoms with Gasteiger partial charge in [-0.05, 0) is 6.07 Å². The number of nitrogens with one attached hydrogen (secondary N) is 2. The number of nitriles is 1. The molecule has 0 radical (unpaired) electrons. The van der Waals surface area contributed by atoms with E-state index in [2.05, 4.69) is 25.7 Å². The first-order valence-electron chi connectivity index (χ1n) is 7.61. The Bertz CT molecular complexity index is 993. The largest absolute Gasteiger partial charge is 0.339 e. The number of carbonyl (C=O) groups is 1. The van der Waals surface area contributed by atoms with E-state index in [0.717, 1.165) is 5.69 Å². The van der Waals surface area contributed by atoms with Crippen molar-refractivity contribution in [3.63, 3.8) is 0 Å². The third kappa shape index (κ3) is 3.79. The summed E-state index contributed by atoms with van der Waals surface area (Å²) in [6, 6.07) is 8.77. The minimum absolute atomic E-state index is 0.0848. The molecule has 3 rings (SSSR count). The van der Waals surface area contributed by atoms with Gasteiger partial charge in [-0.25, -0.2) is 9.97 Å². The van der Waals surface area contributed by atoms with E-state index in [-0.39, 0.29) is 12.5 Å². The van der Waals surface area contributed by atoms with E-state index in [1.165, 1.54) is 6.20 Å². The van der Waals surface area contributed by atoms with Gasteiger partial charge in [0.05, 0.1) is 34.9 Å². The number of rotatable bonds is 5. The van der Waals surface area contributed by atoms with Gasteiger partial charge in [0.15, 0.2) is 0 Å². The summed E-state index contributed by atoms with van der Waals surface area (Å²) in [5.74, 6) is -0.0526. The molecule has 0 aliphatic heterocycles. The summed E-state index contributed by atoms with van der Waals surface area (Å²) in [6.07, 6.45) is 4.88. The molecule has 0 bridgehead atoms. The van der Waals surface area contributed by atoms with Gasteiger partial charge in [0.2, 0.25) is 5.95 Å². The third-order valence-electron chi connectivity index (χ3n) is 3.46. The molecular weight excluding hydrogens is 354 g/mol. The van der Waals surface area contributed by atoms with Crippen LogP contribution in [0.2, 0.25) is 5.02 Å². The highest BCUT2D eigenvalue weighted by Gasteiger charge is 2.16. The number of carbonyl (C=O) groups excluding carboxylic acids is 1. The van der Waals surface area contributed by atoms with Crippen molar-refractivity contribution >= 4 is 29.1 Å². The van der Waals surface area contributed by atoms with Crippen LogP contribution in [0.25, 0.3) is 11.3 Å². The summed E-state index contributed by atoms with van der Waals surface area (Å²) in [5, 5.41) is 18.6. The van der Waals surface area contributed by atoms with Crippen LogP contribution in [0.3, 0.4) is 0 Å². The molecule has 0 fully saturated rings. The molecule has 0 aliphatic carbocycles. The Morgan fingerprint density at radius 2 is 2.15 bits per heavy atom. The summed E-state index contributed by atoms with van der Waals surface area (Å²) in [7, 11) is 1.80. The number of nitrogens with zero attached hydrogens (tertiary/aromatic N) is 5. The van der Waals surface area contributed by atoms with Crippen molar-refractivity contribution in [3.05, 3.63) is 53.4 Å². The van der Waals surface area contributed by atoms with Crippen molar-refractivity contribution in [2.24, 2.45) is 7.05 Å². The van der Waals surface area contributed by atoms with Crippen LogP contribution in [-0.2, 0) is 7.05 Å². The van der Waals surface area contributed by atoms with Gasteiger partial charge in [0, 0.05) is 24.4 Å². The molecule has 2 N–H and O–H groups in total. The molecule has 130 valence electrons. The van der Waals surface area contributed by atoms with Crippen molar-refractivity contribution in [2.45, 2.75) is 0 Å². The smallest absolute Gasteiger partial charge is 0.252 e. The van der Waals surface area contributed by atoms with Gasteiger partial charge in [-0.15, -0.1) is 0 Å². The standard InChI is InChI=1S/C17H14ClN7O/c1-25-10-11(8-22-25)23-17-21-9-14(18)15(24-17)12-4-2-3-5-13(12)16(26)20-7-6-19/h2-5,8-10H,7H2,1H3,(H,20,26)(H,21,23,24). The average Bonchev–Trinajstić information content (AvgIpc) is 3.06. The number of aryl methyl sites for hydroxylation is 1. The van der Waals surface area contributed by atoms with E-state index >= 15 is 0 Å². The maximum absolute atomic E-state index is 12.3. The fraction of sp³-hybridized carbons (Fsp3) is 0.118. The van der Waals surface area contributed by atoms with E-state index < -0.39 is 0 Å². The zero-order chi connectivity index (χ0) is 18.5. The molecule has 2 heterocycles. The van der Waals surface area contributed by atoms with Crippen LogP contribution in [-0.4, -0.2) is 32.2 Å². The van der Waals surface area contributed by atoms with Crippen LogP contribution in [0, 0.1) is 11.3 Å². The maximum Gasteiger partial charge on any atom is 0.252 e. The van der Waals surface area contributed by atoms with Crippen LogP contribution < -0.4 is 10.6 Å². The monoisotopic (exact) mass is 367 g/mol. The van der Waals surface area contributed by atoms with Crippen LogP contribution in [0.15, 0.2) is 42.9 Å². The predicted molar refractivity (Wildman–Crippen MR) is 96.9 cm³/mol. The molecule has 0 saturated heterocycles. The van der Waals surface area contributed by atoms with Crippen LogP contribution in [0.4, 0.5) is 11.6 Å². The third-order valence-corrected chi connectivity index (χ3v) is 3.74. The van der Waals surface area contributed by atoms with Crippen molar-refractivity contribution in [3.8, 4) is 17.3 Å². The lowest BCUT2D eigenvalue weighted by atomic mass is 10.0. The second-order valence-electron chi connectivity index (χ2n) is 5.30. The molecule has 9 heteroatoms. The van der Waals surface area contributed by atoms with E-state index in [9.17, 15) is 4.79 Å². The number of anilines is 2. The predicted octanol–water partition coefficient (Wildman–Crippen LogP) is 2.53. The Hall–Kier alpha value is -3.44.